The van der Waals surface area contributed by atoms with Gasteiger partial charge >= 0.3 is 0 Å². The number of halogens is 1. The van der Waals surface area contributed by atoms with Crippen LogP contribution in [0, 0.1) is 6.92 Å². The second-order valence-corrected chi connectivity index (χ2v) is 4.80. The summed E-state index contributed by atoms with van der Waals surface area (Å²) in [4.78, 5) is 15.9. The molecule has 1 aromatic carbocycles. The Kier molecular flexibility index (Phi) is 5.29. The third-order valence-corrected chi connectivity index (χ3v) is 2.81. The van der Waals surface area contributed by atoms with E-state index in [9.17, 15) is 4.79 Å². The third kappa shape index (κ3) is 5.24. The van der Waals surface area contributed by atoms with Crippen molar-refractivity contribution in [1.29, 1.82) is 0 Å². The van der Waals surface area contributed by atoms with Crippen LogP contribution in [0.5, 0.6) is 0 Å². The van der Waals surface area contributed by atoms with Gasteiger partial charge in [0, 0.05) is 16.4 Å². The van der Waals surface area contributed by atoms with Crippen molar-refractivity contribution in [1.82, 2.24) is 10.4 Å². The van der Waals surface area contributed by atoms with E-state index in [0.717, 1.165) is 11.4 Å². The van der Waals surface area contributed by atoms with Gasteiger partial charge in [-0.05, 0) is 37.3 Å². The molecule has 2 N–H and O–H groups in total. The van der Waals surface area contributed by atoms with E-state index in [0.29, 0.717) is 10.7 Å². The molecule has 2 rings (SSSR count). The first-order chi connectivity index (χ1) is 10.1. The molecule has 1 amide bonds. The molecule has 0 aliphatic heterocycles. The van der Waals surface area contributed by atoms with Crippen molar-refractivity contribution in [3.05, 3.63) is 58.9 Å². The minimum atomic E-state index is -0.251. The maximum absolute atomic E-state index is 11.6. The quantitative estimate of drug-likeness (QED) is 0.659. The SMILES string of the molecule is Cc1cccc(C=NNC(=O)CNc2cccc(Cl)c2)n1. The number of nitrogens with zero attached hydrogens (tertiary/aromatic N) is 2. The van der Waals surface area contributed by atoms with Crippen molar-refractivity contribution < 1.29 is 4.79 Å². The lowest BCUT2D eigenvalue weighted by Crippen LogP contribution is -2.25. The fraction of sp³-hybridized carbons (Fsp3) is 0.133. The van der Waals surface area contributed by atoms with Crippen LogP contribution in [0.15, 0.2) is 47.6 Å². The molecule has 0 atom stereocenters. The smallest absolute Gasteiger partial charge is 0.259 e. The first-order valence-electron chi connectivity index (χ1n) is 6.38. The number of carbonyl (C=O) groups excluding carboxylic acids is 1. The second kappa shape index (κ2) is 7.40. The summed E-state index contributed by atoms with van der Waals surface area (Å²) >= 11 is 5.85. The summed E-state index contributed by atoms with van der Waals surface area (Å²) in [7, 11) is 0. The molecule has 0 spiro atoms. The monoisotopic (exact) mass is 302 g/mol. The lowest BCUT2D eigenvalue weighted by atomic mass is 10.3. The van der Waals surface area contributed by atoms with E-state index < -0.39 is 0 Å². The molecule has 0 saturated carbocycles. The Hall–Kier alpha value is -2.40. The van der Waals surface area contributed by atoms with Crippen LogP contribution in [-0.2, 0) is 4.79 Å². The lowest BCUT2D eigenvalue weighted by molar-refractivity contribution is -0.119. The predicted molar refractivity (Wildman–Crippen MR) is 84.7 cm³/mol. The van der Waals surface area contributed by atoms with Crippen LogP contribution < -0.4 is 10.7 Å². The number of hydrogen-bond donors (Lipinski definition) is 2. The molecular formula is C15H15ClN4O. The number of aryl methyl sites for hydroxylation is 1. The molecule has 0 aliphatic rings. The Labute approximate surface area is 128 Å². The standard InChI is InChI=1S/C15H15ClN4O/c1-11-4-2-7-14(19-11)9-18-20-15(21)10-17-13-6-3-5-12(16)8-13/h2-9,17H,10H2,1H3,(H,20,21). The summed E-state index contributed by atoms with van der Waals surface area (Å²) in [5, 5.41) is 7.43. The maximum Gasteiger partial charge on any atom is 0.259 e. The number of pyridine rings is 1. The van der Waals surface area contributed by atoms with E-state index in [1.807, 2.05) is 37.3 Å². The van der Waals surface area contributed by atoms with Gasteiger partial charge in [-0.25, -0.2) is 5.43 Å². The van der Waals surface area contributed by atoms with E-state index in [4.69, 9.17) is 11.6 Å². The number of amides is 1. The zero-order chi connectivity index (χ0) is 15.1. The molecule has 1 aromatic heterocycles. The van der Waals surface area contributed by atoms with Crippen molar-refractivity contribution in [3.8, 4) is 0 Å². The van der Waals surface area contributed by atoms with E-state index >= 15 is 0 Å². The van der Waals surface area contributed by atoms with Gasteiger partial charge in [0.05, 0.1) is 18.5 Å². The largest absolute Gasteiger partial charge is 0.376 e. The van der Waals surface area contributed by atoms with E-state index in [-0.39, 0.29) is 12.5 Å². The van der Waals surface area contributed by atoms with Crippen LogP contribution in [0.3, 0.4) is 0 Å². The lowest BCUT2D eigenvalue weighted by Gasteiger charge is -2.05. The molecule has 0 unspecified atom stereocenters. The number of rotatable bonds is 5. The highest BCUT2D eigenvalue weighted by atomic mass is 35.5. The van der Waals surface area contributed by atoms with Crippen LogP contribution in [0.2, 0.25) is 5.02 Å². The number of aromatic nitrogens is 1. The highest BCUT2D eigenvalue weighted by molar-refractivity contribution is 6.30. The third-order valence-electron chi connectivity index (χ3n) is 2.57. The van der Waals surface area contributed by atoms with Crippen molar-refractivity contribution in [2.75, 3.05) is 11.9 Å². The number of anilines is 1. The zero-order valence-electron chi connectivity index (χ0n) is 11.5. The van der Waals surface area contributed by atoms with Crippen molar-refractivity contribution >= 4 is 29.4 Å². The van der Waals surface area contributed by atoms with Crippen LogP contribution in [0.1, 0.15) is 11.4 Å². The summed E-state index contributed by atoms with van der Waals surface area (Å²) in [6, 6.07) is 12.7. The Balaban J connectivity index is 1.80. The van der Waals surface area contributed by atoms with Gasteiger partial charge in [0.2, 0.25) is 0 Å². The van der Waals surface area contributed by atoms with Gasteiger partial charge in [0.25, 0.3) is 5.91 Å². The molecule has 0 fully saturated rings. The summed E-state index contributed by atoms with van der Waals surface area (Å²) < 4.78 is 0. The maximum atomic E-state index is 11.6. The van der Waals surface area contributed by atoms with Crippen LogP contribution in [-0.4, -0.2) is 23.7 Å². The molecule has 0 bridgehead atoms. The number of hydrazone groups is 1. The van der Waals surface area contributed by atoms with Crippen LogP contribution >= 0.6 is 11.6 Å². The van der Waals surface area contributed by atoms with Gasteiger partial charge in [0.1, 0.15) is 0 Å². The van der Waals surface area contributed by atoms with Crippen LogP contribution in [0.25, 0.3) is 0 Å². The van der Waals surface area contributed by atoms with Gasteiger partial charge in [0.15, 0.2) is 0 Å². The van der Waals surface area contributed by atoms with Gasteiger partial charge in [-0.1, -0.05) is 23.7 Å². The predicted octanol–water partition coefficient (Wildman–Crippen LogP) is 2.61. The summed E-state index contributed by atoms with van der Waals surface area (Å²) in [5.41, 5.74) is 4.80. The van der Waals surface area contributed by atoms with Gasteiger partial charge in [-0.3, -0.25) is 9.78 Å². The molecule has 108 valence electrons. The number of benzene rings is 1. The van der Waals surface area contributed by atoms with Gasteiger partial charge < -0.3 is 5.32 Å². The normalized spacial score (nSPS) is 10.6. The molecule has 1 heterocycles. The van der Waals surface area contributed by atoms with Crippen molar-refractivity contribution in [2.45, 2.75) is 6.92 Å². The first-order valence-corrected chi connectivity index (χ1v) is 6.76. The van der Waals surface area contributed by atoms with Crippen LogP contribution in [0.4, 0.5) is 5.69 Å². The van der Waals surface area contributed by atoms with Gasteiger partial charge in [-0.2, -0.15) is 5.10 Å². The van der Waals surface area contributed by atoms with Crippen molar-refractivity contribution in [3.63, 3.8) is 0 Å². The molecule has 2 aromatic rings. The minimum Gasteiger partial charge on any atom is -0.376 e. The summed E-state index contributed by atoms with van der Waals surface area (Å²) in [6.07, 6.45) is 1.50. The second-order valence-electron chi connectivity index (χ2n) is 4.36. The first kappa shape index (κ1) is 15.0. The molecule has 21 heavy (non-hydrogen) atoms. The highest BCUT2D eigenvalue weighted by Crippen LogP contribution is 2.14. The summed E-state index contributed by atoms with van der Waals surface area (Å²) in [6.45, 7) is 2.00. The Morgan fingerprint density at radius 3 is 2.90 bits per heavy atom. The Morgan fingerprint density at radius 1 is 1.33 bits per heavy atom. The molecule has 5 nitrogen and oxygen atoms in total. The zero-order valence-corrected chi connectivity index (χ0v) is 12.3. The number of hydrogen-bond acceptors (Lipinski definition) is 4. The van der Waals surface area contributed by atoms with Gasteiger partial charge in [-0.15, -0.1) is 0 Å². The molecule has 0 aliphatic carbocycles. The van der Waals surface area contributed by atoms with E-state index in [2.05, 4.69) is 20.8 Å². The average Bonchev–Trinajstić information content (AvgIpc) is 2.45. The van der Waals surface area contributed by atoms with E-state index in [1.165, 1.54) is 6.21 Å². The molecular weight excluding hydrogens is 288 g/mol. The number of carbonyl (C=O) groups is 1. The average molecular weight is 303 g/mol. The Morgan fingerprint density at radius 2 is 2.14 bits per heavy atom. The molecule has 0 saturated heterocycles. The van der Waals surface area contributed by atoms with E-state index in [1.54, 1.807) is 12.1 Å². The fourth-order valence-electron chi connectivity index (χ4n) is 1.63. The molecule has 6 heteroatoms. The fourth-order valence-corrected chi connectivity index (χ4v) is 1.82. The number of nitrogens with one attached hydrogen (secondary N) is 2. The van der Waals surface area contributed by atoms with Crippen molar-refractivity contribution in [2.24, 2.45) is 5.10 Å². The minimum absolute atomic E-state index is 0.110. The topological polar surface area (TPSA) is 66.4 Å². The summed E-state index contributed by atoms with van der Waals surface area (Å²) in [5.74, 6) is -0.251. The molecule has 0 radical (unpaired) electrons. The highest BCUT2D eigenvalue weighted by Gasteiger charge is 1.99. The Bertz CT molecular complexity index is 658.